The highest BCUT2D eigenvalue weighted by atomic mass is 79.9. The number of halogens is 2. The third-order valence-corrected chi connectivity index (χ3v) is 6.47. The van der Waals surface area contributed by atoms with E-state index in [-0.39, 0.29) is 41.8 Å². The molecule has 0 bridgehead atoms. The highest BCUT2D eigenvalue weighted by Crippen LogP contribution is 2.28. The smallest absolute Gasteiger partial charge is 0.323 e. The normalized spacial score (nSPS) is 12.9. The molecule has 3 amide bonds. The molecule has 0 aliphatic carbocycles. The van der Waals surface area contributed by atoms with Crippen LogP contribution in [-0.4, -0.2) is 55.9 Å². The Morgan fingerprint density at radius 1 is 1.07 bits per heavy atom. The van der Waals surface area contributed by atoms with Gasteiger partial charge in [0.15, 0.2) is 17.3 Å². The first-order valence-corrected chi connectivity index (χ1v) is 12.8. The third-order valence-electron chi connectivity index (χ3n) is 5.94. The number of β-amino-alcohol motifs (C(OH)–C–C–N with tert-alkyl or cyclic N) is 1. The van der Waals surface area contributed by atoms with Crippen LogP contribution < -0.4 is 20.9 Å². The summed E-state index contributed by atoms with van der Waals surface area (Å²) in [6.07, 6.45) is 0.863. The number of ether oxygens (including phenoxy) is 1. The molecule has 0 spiro atoms. The van der Waals surface area contributed by atoms with Crippen LogP contribution in [0.2, 0.25) is 0 Å². The molecule has 0 unspecified atom stereocenters. The van der Waals surface area contributed by atoms with Crippen molar-refractivity contribution >= 4 is 39.4 Å². The third kappa shape index (κ3) is 6.00. The minimum Gasteiger partial charge on any atom is -0.454 e. The number of likely N-dealkylation sites (tertiary alicyclic amines) is 1. The number of nitrogens with zero attached hydrogens (tertiary/aromatic N) is 4. The summed E-state index contributed by atoms with van der Waals surface area (Å²) < 4.78 is 22.4. The van der Waals surface area contributed by atoms with Gasteiger partial charge in [-0.15, -0.1) is 0 Å². The Bertz CT molecular complexity index is 1660. The number of pyridine rings is 1. The van der Waals surface area contributed by atoms with Gasteiger partial charge in [0.25, 0.3) is 11.5 Å². The number of rotatable bonds is 6. The van der Waals surface area contributed by atoms with Gasteiger partial charge in [0.2, 0.25) is 0 Å². The topological polar surface area (TPSA) is 139 Å². The van der Waals surface area contributed by atoms with E-state index in [4.69, 9.17) is 4.74 Å². The number of anilines is 2. The summed E-state index contributed by atoms with van der Waals surface area (Å²) in [5.74, 6) is -1.08. The molecule has 5 rings (SSSR count). The van der Waals surface area contributed by atoms with Crippen molar-refractivity contribution < 1.29 is 23.8 Å². The van der Waals surface area contributed by atoms with E-state index in [1.54, 1.807) is 31.2 Å². The van der Waals surface area contributed by atoms with E-state index in [0.29, 0.717) is 11.3 Å². The maximum absolute atomic E-state index is 14.9. The zero-order valence-electron chi connectivity index (χ0n) is 21.0. The van der Waals surface area contributed by atoms with Gasteiger partial charge in [0, 0.05) is 34.6 Å². The number of hydrogen-bond acceptors (Lipinski definition) is 7. The summed E-state index contributed by atoms with van der Waals surface area (Å²) in [4.78, 5) is 43.1. The van der Waals surface area contributed by atoms with Crippen molar-refractivity contribution in [3.8, 4) is 17.2 Å². The van der Waals surface area contributed by atoms with E-state index in [9.17, 15) is 23.9 Å². The lowest BCUT2D eigenvalue weighted by Gasteiger charge is -2.35. The molecule has 0 radical (unpaired) electrons. The lowest BCUT2D eigenvalue weighted by atomic mass is 10.2. The van der Waals surface area contributed by atoms with E-state index in [2.05, 4.69) is 36.6 Å². The maximum Gasteiger partial charge on any atom is 0.323 e. The summed E-state index contributed by atoms with van der Waals surface area (Å²) in [6, 6.07) is 14.6. The van der Waals surface area contributed by atoms with E-state index in [0.717, 1.165) is 15.2 Å². The van der Waals surface area contributed by atoms with Crippen LogP contribution in [0.3, 0.4) is 0 Å². The Morgan fingerprint density at radius 3 is 2.52 bits per heavy atom. The number of carbonyl (C=O) groups is 2. The van der Waals surface area contributed by atoms with Gasteiger partial charge in [-0.2, -0.15) is 9.78 Å². The van der Waals surface area contributed by atoms with Crippen molar-refractivity contribution in [3.63, 3.8) is 0 Å². The standard InChI is InChI=1S/C27H22BrFN6O5/c1-15-10-24(37)35(18-5-2-16(28)3-6-18)33-25(15)26(38)31-17-4-7-22(21(29)11-17)40-20-8-9-30-23(12-20)32-27(39)34-13-19(36)14-34/h2-12,19,36H,13-14H2,1H3,(H,31,38)(H,30,32,39). The van der Waals surface area contributed by atoms with E-state index >= 15 is 0 Å². The predicted molar refractivity (Wildman–Crippen MR) is 148 cm³/mol. The van der Waals surface area contributed by atoms with Crippen LogP contribution in [-0.2, 0) is 0 Å². The van der Waals surface area contributed by atoms with Crippen LogP contribution in [0.1, 0.15) is 16.1 Å². The Hall–Kier alpha value is -4.62. The number of aliphatic hydroxyl groups is 1. The van der Waals surface area contributed by atoms with Gasteiger partial charge >= 0.3 is 6.03 Å². The average Bonchev–Trinajstić information content (AvgIpc) is 2.89. The molecule has 1 aliphatic rings. The van der Waals surface area contributed by atoms with Crippen LogP contribution in [0.5, 0.6) is 11.5 Å². The molecule has 0 saturated carbocycles. The molecule has 13 heteroatoms. The maximum atomic E-state index is 14.9. The molecule has 1 saturated heterocycles. The minimum atomic E-state index is -0.751. The van der Waals surface area contributed by atoms with Gasteiger partial charge in [0.05, 0.1) is 24.9 Å². The lowest BCUT2D eigenvalue weighted by molar-refractivity contribution is 0.0308. The highest BCUT2D eigenvalue weighted by Gasteiger charge is 2.29. The van der Waals surface area contributed by atoms with Crippen molar-refractivity contribution in [2.24, 2.45) is 0 Å². The number of aryl methyl sites for hydroxylation is 1. The van der Waals surface area contributed by atoms with E-state index in [1.165, 1.54) is 41.4 Å². The molecule has 1 aliphatic heterocycles. The van der Waals surface area contributed by atoms with Gasteiger partial charge in [-0.1, -0.05) is 15.9 Å². The fraction of sp³-hybridized carbons (Fsp3) is 0.148. The summed E-state index contributed by atoms with van der Waals surface area (Å²) in [5.41, 5.74) is 0.594. The van der Waals surface area contributed by atoms with Gasteiger partial charge in [0.1, 0.15) is 11.6 Å². The zero-order chi connectivity index (χ0) is 28.4. The molecule has 1 fully saturated rings. The molecule has 3 N–H and O–H groups in total. The molecular formula is C27H22BrFN6O5. The Balaban J connectivity index is 1.28. The van der Waals surface area contributed by atoms with Gasteiger partial charge in [-0.05, 0) is 55.0 Å². The van der Waals surface area contributed by atoms with Gasteiger partial charge in [-0.25, -0.2) is 14.2 Å². The van der Waals surface area contributed by atoms with E-state index < -0.39 is 29.4 Å². The lowest BCUT2D eigenvalue weighted by Crippen LogP contribution is -2.54. The molecule has 0 atom stereocenters. The first kappa shape index (κ1) is 27.0. The van der Waals surface area contributed by atoms with Crippen LogP contribution in [0.4, 0.5) is 20.7 Å². The largest absolute Gasteiger partial charge is 0.454 e. The molecule has 2 aromatic heterocycles. The molecule has 204 valence electrons. The number of carbonyl (C=O) groups excluding carboxylic acids is 2. The summed E-state index contributed by atoms with van der Waals surface area (Å²) >= 11 is 3.34. The number of aliphatic hydroxyl groups excluding tert-OH is 1. The zero-order valence-corrected chi connectivity index (χ0v) is 22.6. The van der Waals surface area contributed by atoms with Crippen LogP contribution in [0.15, 0.2) is 76.1 Å². The summed E-state index contributed by atoms with van der Waals surface area (Å²) in [6.45, 7) is 2.06. The Morgan fingerprint density at radius 2 is 1.82 bits per heavy atom. The van der Waals surface area contributed by atoms with Crippen molar-refractivity contribution in [1.82, 2.24) is 19.7 Å². The van der Waals surface area contributed by atoms with Crippen LogP contribution in [0, 0.1) is 12.7 Å². The SMILES string of the molecule is Cc1cc(=O)n(-c2ccc(Br)cc2)nc1C(=O)Nc1ccc(Oc2ccnc(NC(=O)N3CC(O)C3)c2)c(F)c1. The summed E-state index contributed by atoms with van der Waals surface area (Å²) in [7, 11) is 0. The Kier molecular flexibility index (Phi) is 7.58. The van der Waals surface area contributed by atoms with Crippen LogP contribution in [0.25, 0.3) is 5.69 Å². The molecule has 2 aromatic carbocycles. The summed E-state index contributed by atoms with van der Waals surface area (Å²) in [5, 5.41) is 18.8. The minimum absolute atomic E-state index is 0.00218. The van der Waals surface area contributed by atoms with Crippen molar-refractivity contribution in [2.75, 3.05) is 23.7 Å². The number of aromatic nitrogens is 3. The number of amides is 3. The molecule has 11 nitrogen and oxygen atoms in total. The average molecular weight is 609 g/mol. The second-order valence-electron chi connectivity index (χ2n) is 8.97. The number of hydrogen-bond donors (Lipinski definition) is 3. The first-order valence-electron chi connectivity index (χ1n) is 12.0. The van der Waals surface area contributed by atoms with E-state index in [1.807, 2.05) is 0 Å². The predicted octanol–water partition coefficient (Wildman–Crippen LogP) is 4.09. The molecule has 4 aromatic rings. The first-order chi connectivity index (χ1) is 19.2. The number of nitrogens with one attached hydrogen (secondary N) is 2. The fourth-order valence-electron chi connectivity index (χ4n) is 3.87. The van der Waals surface area contributed by atoms with Crippen molar-refractivity contribution in [1.29, 1.82) is 0 Å². The van der Waals surface area contributed by atoms with Crippen molar-refractivity contribution in [3.05, 3.63) is 98.8 Å². The quantitative estimate of drug-likeness (QED) is 0.299. The fourth-order valence-corrected chi connectivity index (χ4v) is 4.13. The number of urea groups is 1. The monoisotopic (exact) mass is 608 g/mol. The van der Waals surface area contributed by atoms with Gasteiger partial charge in [-0.3, -0.25) is 14.9 Å². The second-order valence-corrected chi connectivity index (χ2v) is 9.89. The van der Waals surface area contributed by atoms with Crippen LogP contribution >= 0.6 is 15.9 Å². The molecule has 3 heterocycles. The molecule has 40 heavy (non-hydrogen) atoms. The highest BCUT2D eigenvalue weighted by molar-refractivity contribution is 9.10. The number of benzene rings is 2. The van der Waals surface area contributed by atoms with Gasteiger partial charge < -0.3 is 20.1 Å². The Labute approximate surface area is 235 Å². The second kappa shape index (κ2) is 11.2. The van der Waals surface area contributed by atoms with Crippen molar-refractivity contribution in [2.45, 2.75) is 13.0 Å². The molecular weight excluding hydrogens is 587 g/mol.